The highest BCUT2D eigenvalue weighted by Gasteiger charge is 2.29. The monoisotopic (exact) mass is 296 g/mol. The van der Waals surface area contributed by atoms with Gasteiger partial charge in [-0.05, 0) is 45.9 Å². The average Bonchev–Trinajstić information content (AvgIpc) is 3.17. The van der Waals surface area contributed by atoms with Gasteiger partial charge in [-0.15, -0.1) is 0 Å². The molecule has 1 aromatic heterocycles. The molecule has 1 fully saturated rings. The third-order valence-electron chi connectivity index (χ3n) is 4.04. The van der Waals surface area contributed by atoms with Crippen molar-refractivity contribution in [2.45, 2.75) is 50.9 Å². The predicted molar refractivity (Wildman–Crippen MR) is 83.5 cm³/mol. The number of carbonyl (C=O) groups is 1. The van der Waals surface area contributed by atoms with Crippen molar-refractivity contribution < 1.29 is 9.90 Å². The van der Waals surface area contributed by atoms with Crippen LogP contribution in [0.5, 0.6) is 0 Å². The Morgan fingerprint density at radius 1 is 1.55 bits per heavy atom. The van der Waals surface area contributed by atoms with Crippen molar-refractivity contribution in [2.75, 3.05) is 12.9 Å². The molecular formula is C15H24N2O2S. The Balaban J connectivity index is 2.11. The van der Waals surface area contributed by atoms with Gasteiger partial charge in [-0.3, -0.25) is 4.79 Å². The molecule has 1 aliphatic rings. The van der Waals surface area contributed by atoms with Gasteiger partial charge in [0.05, 0.1) is 12.2 Å². The number of aliphatic hydroxyl groups is 1. The summed E-state index contributed by atoms with van der Waals surface area (Å²) in [6.45, 7) is 6.09. The van der Waals surface area contributed by atoms with E-state index in [0.717, 1.165) is 17.0 Å². The molecule has 1 heterocycles. The summed E-state index contributed by atoms with van der Waals surface area (Å²) in [5.74, 6) is -0.0370. The Morgan fingerprint density at radius 2 is 2.20 bits per heavy atom. The highest BCUT2D eigenvalue weighted by atomic mass is 32.2. The van der Waals surface area contributed by atoms with Crippen LogP contribution < -0.4 is 5.32 Å². The lowest BCUT2D eigenvalue weighted by Gasteiger charge is -2.21. The molecule has 2 atom stereocenters. The van der Waals surface area contributed by atoms with E-state index in [4.69, 9.17) is 0 Å². The zero-order valence-corrected chi connectivity index (χ0v) is 13.5. The molecule has 0 bridgehead atoms. The summed E-state index contributed by atoms with van der Waals surface area (Å²) in [7, 11) is 0. The zero-order valence-electron chi connectivity index (χ0n) is 12.6. The molecule has 4 nitrogen and oxygen atoms in total. The molecule has 1 aromatic rings. The van der Waals surface area contributed by atoms with E-state index in [-0.39, 0.29) is 23.8 Å². The van der Waals surface area contributed by atoms with Crippen molar-refractivity contribution >= 4 is 17.7 Å². The standard InChI is InChI=1S/C15H24N2O2S/c1-9-7-13(11(3)17(9)12-5-6-12)15(19)16-10(2)14(8-18)20-4/h7,10,12,14,18H,5-6,8H2,1-4H3,(H,16,19)/t10-,14+/m1/s1. The third kappa shape index (κ3) is 3.04. The lowest BCUT2D eigenvalue weighted by molar-refractivity contribution is 0.0935. The maximum atomic E-state index is 12.4. The normalized spacial score (nSPS) is 17.9. The SMILES string of the molecule is CS[C@@H](CO)[C@@H](C)NC(=O)c1cc(C)n(C2CC2)c1C. The van der Waals surface area contributed by atoms with Crippen LogP contribution in [-0.2, 0) is 0 Å². The van der Waals surface area contributed by atoms with E-state index in [1.165, 1.54) is 12.8 Å². The fourth-order valence-electron chi connectivity index (χ4n) is 2.72. The lowest BCUT2D eigenvalue weighted by atomic mass is 10.2. The number of aryl methyl sites for hydroxylation is 1. The minimum atomic E-state index is -0.0496. The molecule has 20 heavy (non-hydrogen) atoms. The summed E-state index contributed by atoms with van der Waals surface area (Å²) in [6, 6.07) is 2.51. The second kappa shape index (κ2) is 6.22. The number of thioether (sulfide) groups is 1. The Labute approximate surface area is 124 Å². The second-order valence-electron chi connectivity index (χ2n) is 5.60. The molecule has 112 valence electrons. The van der Waals surface area contributed by atoms with E-state index in [1.54, 1.807) is 11.8 Å². The summed E-state index contributed by atoms with van der Waals surface area (Å²) in [4.78, 5) is 12.4. The van der Waals surface area contributed by atoms with Gasteiger partial charge >= 0.3 is 0 Å². The number of rotatable bonds is 6. The second-order valence-corrected chi connectivity index (χ2v) is 6.68. The number of hydrogen-bond acceptors (Lipinski definition) is 3. The van der Waals surface area contributed by atoms with Crippen molar-refractivity contribution in [1.29, 1.82) is 0 Å². The number of nitrogens with one attached hydrogen (secondary N) is 1. The minimum Gasteiger partial charge on any atom is -0.395 e. The van der Waals surface area contributed by atoms with Crippen LogP contribution >= 0.6 is 11.8 Å². The number of hydrogen-bond donors (Lipinski definition) is 2. The van der Waals surface area contributed by atoms with Crippen LogP contribution in [0.25, 0.3) is 0 Å². The third-order valence-corrected chi connectivity index (χ3v) is 5.20. The first-order valence-corrected chi connectivity index (χ1v) is 8.41. The van der Waals surface area contributed by atoms with E-state index in [9.17, 15) is 9.90 Å². The molecule has 0 saturated heterocycles. The van der Waals surface area contributed by atoms with E-state index in [0.29, 0.717) is 6.04 Å². The predicted octanol–water partition coefficient (Wildman–Crippen LogP) is 2.28. The highest BCUT2D eigenvalue weighted by Crippen LogP contribution is 2.38. The summed E-state index contributed by atoms with van der Waals surface area (Å²) in [5, 5.41) is 12.3. The molecule has 0 spiro atoms. The van der Waals surface area contributed by atoms with Crippen molar-refractivity contribution in [2.24, 2.45) is 0 Å². The van der Waals surface area contributed by atoms with Gasteiger partial charge in [-0.25, -0.2) is 0 Å². The molecule has 0 aromatic carbocycles. The van der Waals surface area contributed by atoms with Gasteiger partial charge in [-0.2, -0.15) is 11.8 Å². The lowest BCUT2D eigenvalue weighted by Crippen LogP contribution is -2.41. The molecular weight excluding hydrogens is 272 g/mol. The maximum absolute atomic E-state index is 12.4. The van der Waals surface area contributed by atoms with Crippen LogP contribution in [0.4, 0.5) is 0 Å². The summed E-state index contributed by atoms with van der Waals surface area (Å²) in [5.41, 5.74) is 2.98. The van der Waals surface area contributed by atoms with E-state index in [2.05, 4.69) is 16.8 Å². The van der Waals surface area contributed by atoms with Crippen LogP contribution in [0.3, 0.4) is 0 Å². The average molecular weight is 296 g/mol. The molecule has 1 amide bonds. The van der Waals surface area contributed by atoms with Crippen molar-refractivity contribution in [3.8, 4) is 0 Å². The van der Waals surface area contributed by atoms with Gasteiger partial charge in [0, 0.05) is 28.7 Å². The van der Waals surface area contributed by atoms with Crippen LogP contribution in [0.2, 0.25) is 0 Å². The molecule has 0 unspecified atom stereocenters. The largest absolute Gasteiger partial charge is 0.395 e. The molecule has 0 radical (unpaired) electrons. The van der Waals surface area contributed by atoms with Crippen LogP contribution in [-0.4, -0.2) is 39.7 Å². The van der Waals surface area contributed by atoms with Crippen molar-refractivity contribution in [3.63, 3.8) is 0 Å². The number of aliphatic hydroxyl groups excluding tert-OH is 1. The van der Waals surface area contributed by atoms with Gasteiger partial charge in [0.25, 0.3) is 5.91 Å². The summed E-state index contributed by atoms with van der Waals surface area (Å²) >= 11 is 1.57. The smallest absolute Gasteiger partial charge is 0.253 e. The highest BCUT2D eigenvalue weighted by molar-refractivity contribution is 7.99. The van der Waals surface area contributed by atoms with Crippen LogP contribution in [0.15, 0.2) is 6.07 Å². The van der Waals surface area contributed by atoms with Gasteiger partial charge in [0.2, 0.25) is 0 Å². The number of amides is 1. The molecule has 1 saturated carbocycles. The fourth-order valence-corrected chi connectivity index (χ4v) is 3.34. The van der Waals surface area contributed by atoms with Gasteiger partial charge < -0.3 is 15.0 Å². The quantitative estimate of drug-likeness (QED) is 0.847. The van der Waals surface area contributed by atoms with E-state index < -0.39 is 0 Å². The van der Waals surface area contributed by atoms with E-state index >= 15 is 0 Å². The maximum Gasteiger partial charge on any atom is 0.253 e. The number of aromatic nitrogens is 1. The molecule has 0 aliphatic heterocycles. The molecule has 1 aliphatic carbocycles. The van der Waals surface area contributed by atoms with Crippen molar-refractivity contribution in [1.82, 2.24) is 9.88 Å². The minimum absolute atomic E-state index is 0.0332. The fraction of sp³-hybridized carbons (Fsp3) is 0.667. The first-order valence-electron chi connectivity index (χ1n) is 7.12. The Kier molecular flexibility index (Phi) is 4.81. The zero-order chi connectivity index (χ0) is 14.9. The number of nitrogens with zero attached hydrogens (tertiary/aromatic N) is 1. The Bertz CT molecular complexity index is 490. The van der Waals surface area contributed by atoms with Gasteiger partial charge in [0.1, 0.15) is 0 Å². The van der Waals surface area contributed by atoms with Gasteiger partial charge in [-0.1, -0.05) is 0 Å². The molecule has 2 rings (SSSR count). The van der Waals surface area contributed by atoms with Crippen molar-refractivity contribution in [3.05, 3.63) is 23.0 Å². The first kappa shape index (κ1) is 15.4. The first-order chi connectivity index (χ1) is 9.49. The Morgan fingerprint density at radius 3 is 2.70 bits per heavy atom. The summed E-state index contributed by atoms with van der Waals surface area (Å²) < 4.78 is 2.28. The topological polar surface area (TPSA) is 54.3 Å². The van der Waals surface area contributed by atoms with E-state index in [1.807, 2.05) is 26.2 Å². The molecule has 2 N–H and O–H groups in total. The summed E-state index contributed by atoms with van der Waals surface area (Å²) in [6.07, 6.45) is 4.38. The van der Waals surface area contributed by atoms with Crippen LogP contribution in [0, 0.1) is 13.8 Å². The van der Waals surface area contributed by atoms with Gasteiger partial charge in [0.15, 0.2) is 0 Å². The number of carbonyl (C=O) groups excluding carboxylic acids is 1. The van der Waals surface area contributed by atoms with Crippen LogP contribution in [0.1, 0.15) is 47.6 Å². The molecule has 5 heteroatoms. The Hall–Kier alpha value is -0.940.